The van der Waals surface area contributed by atoms with Crippen LogP contribution in [0.5, 0.6) is 0 Å². The minimum atomic E-state index is -3.75. The molecule has 1 unspecified atom stereocenters. The van der Waals surface area contributed by atoms with E-state index in [2.05, 4.69) is 15.2 Å². The summed E-state index contributed by atoms with van der Waals surface area (Å²) in [6.07, 6.45) is 0. The number of nitrogens with zero attached hydrogens (tertiary/aromatic N) is 1. The van der Waals surface area contributed by atoms with Gasteiger partial charge in [-0.3, -0.25) is 4.79 Å². The summed E-state index contributed by atoms with van der Waals surface area (Å²) in [6.45, 7) is 9.15. The largest absolute Gasteiger partial charge is 0.344 e. The molecule has 0 saturated carbocycles. The summed E-state index contributed by atoms with van der Waals surface area (Å²) >= 11 is 0. The van der Waals surface area contributed by atoms with Crippen LogP contribution in [0, 0.1) is 20.8 Å². The Balaban J connectivity index is 2.06. The fourth-order valence-corrected chi connectivity index (χ4v) is 3.35. The number of hydrogen-bond acceptors (Lipinski definition) is 4. The number of carbonyl (C=O) groups is 1. The van der Waals surface area contributed by atoms with Gasteiger partial charge in [0, 0.05) is 5.56 Å². The number of carbonyl (C=O) groups excluding carboxylic acids is 1. The van der Waals surface area contributed by atoms with E-state index in [0.29, 0.717) is 11.3 Å². The van der Waals surface area contributed by atoms with Gasteiger partial charge in [-0.15, -0.1) is 0 Å². The normalized spacial score (nSPS) is 13.1. The second-order valence-electron chi connectivity index (χ2n) is 6.73. The summed E-state index contributed by atoms with van der Waals surface area (Å²) in [7, 11) is -3.75. The van der Waals surface area contributed by atoms with Gasteiger partial charge in [0.05, 0.1) is 16.6 Å². The van der Waals surface area contributed by atoms with Crippen molar-refractivity contribution in [2.45, 2.75) is 45.6 Å². The van der Waals surface area contributed by atoms with E-state index in [1.54, 1.807) is 26.0 Å². The van der Waals surface area contributed by atoms with Crippen LogP contribution < -0.4 is 10.1 Å². The van der Waals surface area contributed by atoms with Crippen LogP contribution in [0.3, 0.4) is 0 Å². The lowest BCUT2D eigenvalue weighted by atomic mass is 10.1. The van der Waals surface area contributed by atoms with Gasteiger partial charge >= 0.3 is 0 Å². The first-order valence-corrected chi connectivity index (χ1v) is 10.1. The molecule has 27 heavy (non-hydrogen) atoms. The number of rotatable bonds is 6. The number of nitrogens with one attached hydrogen (secondary N) is 2. The Morgan fingerprint density at radius 3 is 2.07 bits per heavy atom. The molecule has 2 aromatic rings. The van der Waals surface area contributed by atoms with Crippen LogP contribution in [-0.2, 0) is 10.0 Å². The van der Waals surface area contributed by atoms with E-state index in [0.717, 1.165) is 16.7 Å². The topological polar surface area (TPSA) is 87.6 Å². The molecule has 0 fully saturated rings. The molecule has 0 aliphatic carbocycles. The molecule has 1 atom stereocenters. The first kappa shape index (κ1) is 20.6. The highest BCUT2D eigenvalue weighted by Gasteiger charge is 2.15. The van der Waals surface area contributed by atoms with E-state index in [9.17, 15) is 13.2 Å². The summed E-state index contributed by atoms with van der Waals surface area (Å²) in [5.41, 5.74) is 3.99. The fraction of sp³-hybridized carbons (Fsp3) is 0.300. The summed E-state index contributed by atoms with van der Waals surface area (Å²) in [6, 6.07) is 11.7. The summed E-state index contributed by atoms with van der Waals surface area (Å²) in [4.78, 5) is 14.8. The van der Waals surface area contributed by atoms with Crippen LogP contribution in [0.15, 0.2) is 52.5 Å². The van der Waals surface area contributed by atoms with Crippen molar-refractivity contribution in [1.82, 2.24) is 10.1 Å². The molecule has 7 heteroatoms. The lowest BCUT2D eigenvalue weighted by molar-refractivity contribution is 0.0949. The lowest BCUT2D eigenvalue weighted by Crippen LogP contribution is -2.38. The Labute approximate surface area is 160 Å². The highest BCUT2D eigenvalue weighted by Crippen LogP contribution is 2.11. The Kier molecular flexibility index (Phi) is 6.38. The number of amides is 1. The zero-order valence-electron chi connectivity index (χ0n) is 16.2. The van der Waals surface area contributed by atoms with Crippen molar-refractivity contribution >= 4 is 21.6 Å². The maximum absolute atomic E-state index is 12.4. The highest BCUT2D eigenvalue weighted by molar-refractivity contribution is 7.89. The van der Waals surface area contributed by atoms with Crippen LogP contribution in [-0.4, -0.2) is 26.1 Å². The van der Waals surface area contributed by atoms with Crippen molar-refractivity contribution in [3.63, 3.8) is 0 Å². The van der Waals surface area contributed by atoms with Gasteiger partial charge in [0.1, 0.15) is 0 Å². The molecular weight excluding hydrogens is 362 g/mol. The SMILES string of the molecule is C/C(=N\NS(=O)(=O)c1ccc(C)cc1)C(C)NC(=O)c1cc(C)cc(C)c1. The van der Waals surface area contributed by atoms with Crippen LogP contribution in [0.25, 0.3) is 0 Å². The molecule has 0 saturated heterocycles. The summed E-state index contributed by atoms with van der Waals surface area (Å²) in [5.74, 6) is -0.231. The van der Waals surface area contributed by atoms with Gasteiger partial charge in [0.25, 0.3) is 15.9 Å². The van der Waals surface area contributed by atoms with E-state index >= 15 is 0 Å². The molecule has 0 bridgehead atoms. The number of hydrazone groups is 1. The van der Waals surface area contributed by atoms with Crippen LogP contribution in [0.1, 0.15) is 40.9 Å². The summed E-state index contributed by atoms with van der Waals surface area (Å²) < 4.78 is 24.6. The van der Waals surface area contributed by atoms with Gasteiger partial charge in [0.15, 0.2) is 0 Å². The van der Waals surface area contributed by atoms with Crippen molar-refractivity contribution in [3.8, 4) is 0 Å². The average Bonchev–Trinajstić information content (AvgIpc) is 2.59. The molecule has 2 rings (SSSR count). The third kappa shape index (κ3) is 5.65. The zero-order chi connectivity index (χ0) is 20.2. The molecule has 0 spiro atoms. The Hall–Kier alpha value is -2.67. The van der Waals surface area contributed by atoms with Crippen molar-refractivity contribution < 1.29 is 13.2 Å². The molecule has 0 aliphatic heterocycles. The lowest BCUT2D eigenvalue weighted by Gasteiger charge is -2.15. The van der Waals surface area contributed by atoms with E-state index in [4.69, 9.17) is 0 Å². The van der Waals surface area contributed by atoms with E-state index < -0.39 is 16.1 Å². The molecule has 2 aromatic carbocycles. The quantitative estimate of drug-likeness (QED) is 0.590. The van der Waals surface area contributed by atoms with Gasteiger partial charge in [-0.1, -0.05) is 34.9 Å². The van der Waals surface area contributed by atoms with E-state index in [1.165, 1.54) is 12.1 Å². The molecule has 0 aliphatic rings. The number of sulfonamides is 1. The van der Waals surface area contributed by atoms with Crippen molar-refractivity contribution in [3.05, 3.63) is 64.7 Å². The van der Waals surface area contributed by atoms with Gasteiger partial charge in [-0.2, -0.15) is 13.5 Å². The van der Waals surface area contributed by atoms with Gasteiger partial charge < -0.3 is 5.32 Å². The Morgan fingerprint density at radius 1 is 0.963 bits per heavy atom. The predicted octanol–water partition coefficient (Wildman–Crippen LogP) is 3.08. The maximum atomic E-state index is 12.4. The van der Waals surface area contributed by atoms with Crippen molar-refractivity contribution in [1.29, 1.82) is 0 Å². The third-order valence-electron chi connectivity index (χ3n) is 4.13. The molecule has 6 nitrogen and oxygen atoms in total. The first-order valence-electron chi connectivity index (χ1n) is 8.60. The zero-order valence-corrected chi connectivity index (χ0v) is 17.0. The Morgan fingerprint density at radius 2 is 1.52 bits per heavy atom. The highest BCUT2D eigenvalue weighted by atomic mass is 32.2. The molecule has 2 N–H and O–H groups in total. The maximum Gasteiger partial charge on any atom is 0.276 e. The van der Waals surface area contributed by atoms with Gasteiger partial charge in [-0.25, -0.2) is 4.83 Å². The molecule has 0 aromatic heterocycles. The average molecular weight is 388 g/mol. The third-order valence-corrected chi connectivity index (χ3v) is 5.36. The van der Waals surface area contributed by atoms with Crippen LogP contribution >= 0.6 is 0 Å². The van der Waals surface area contributed by atoms with Crippen molar-refractivity contribution in [2.24, 2.45) is 5.10 Å². The fourth-order valence-electron chi connectivity index (χ4n) is 2.49. The number of benzene rings is 2. The minimum absolute atomic E-state index is 0.136. The standard InChI is InChI=1S/C20H25N3O3S/c1-13-6-8-19(9-7-13)27(25,26)23-22-17(5)16(4)21-20(24)18-11-14(2)10-15(3)12-18/h6-12,16,23H,1-5H3,(H,21,24)/b22-17+. The molecule has 144 valence electrons. The first-order chi connectivity index (χ1) is 12.6. The number of aryl methyl sites for hydroxylation is 3. The summed E-state index contributed by atoms with van der Waals surface area (Å²) in [5, 5.41) is 6.77. The van der Waals surface area contributed by atoms with E-state index in [1.807, 2.05) is 39.0 Å². The van der Waals surface area contributed by atoms with Crippen LogP contribution in [0.2, 0.25) is 0 Å². The second-order valence-corrected chi connectivity index (χ2v) is 8.39. The smallest absolute Gasteiger partial charge is 0.276 e. The Bertz CT molecular complexity index is 944. The van der Waals surface area contributed by atoms with Gasteiger partial charge in [0.2, 0.25) is 0 Å². The minimum Gasteiger partial charge on any atom is -0.344 e. The van der Waals surface area contributed by atoms with Gasteiger partial charge in [-0.05, 0) is 58.9 Å². The number of hydrogen-bond donors (Lipinski definition) is 2. The predicted molar refractivity (Wildman–Crippen MR) is 107 cm³/mol. The van der Waals surface area contributed by atoms with Crippen LogP contribution in [0.4, 0.5) is 0 Å². The second kappa shape index (κ2) is 8.35. The molecular formula is C20H25N3O3S. The van der Waals surface area contributed by atoms with E-state index in [-0.39, 0.29) is 10.8 Å². The molecule has 1 amide bonds. The monoisotopic (exact) mass is 387 g/mol. The molecule has 0 radical (unpaired) electrons. The van der Waals surface area contributed by atoms with Crippen molar-refractivity contribution in [2.75, 3.05) is 0 Å². The molecule has 0 heterocycles.